The fraction of sp³-hybridized carbons (Fsp3) is 0.364. The number of nitrogens with one attached hydrogen (secondary N) is 1. The highest BCUT2D eigenvalue weighted by molar-refractivity contribution is 6.10. The topological polar surface area (TPSA) is 109 Å². The van der Waals surface area contributed by atoms with Crippen LogP contribution in [0.3, 0.4) is 0 Å². The van der Waals surface area contributed by atoms with Crippen LogP contribution in [0.5, 0.6) is 0 Å². The Kier molecular flexibility index (Phi) is 3.05. The van der Waals surface area contributed by atoms with Crippen molar-refractivity contribution >= 4 is 17.7 Å². The molecule has 1 atom stereocenters. The summed E-state index contributed by atoms with van der Waals surface area (Å²) in [6, 6.07) is 1.58. The fourth-order valence-corrected chi connectivity index (χ4v) is 1.96. The van der Waals surface area contributed by atoms with Crippen molar-refractivity contribution in [2.45, 2.75) is 24.8 Å². The lowest BCUT2D eigenvalue weighted by Gasteiger charge is -2.24. The molecule has 2 rings (SSSR count). The van der Waals surface area contributed by atoms with Crippen LogP contribution in [0.4, 0.5) is 0 Å². The van der Waals surface area contributed by atoms with E-state index in [9.17, 15) is 14.4 Å². The molecule has 0 radical (unpaired) electrons. The average Bonchev–Trinajstić information content (AvgIpc) is 2.64. The summed E-state index contributed by atoms with van der Waals surface area (Å²) >= 11 is 0. The molecule has 1 aromatic rings. The molecule has 1 fully saturated rings. The van der Waals surface area contributed by atoms with E-state index >= 15 is 0 Å². The number of Topliss-reactive ketones (excluding diaryl/α,β-unsaturated/α-hetero) is 1. The number of hydrogen-bond donors (Lipinski definition) is 2. The van der Waals surface area contributed by atoms with Gasteiger partial charge in [-0.3, -0.25) is 14.4 Å². The van der Waals surface area contributed by atoms with Crippen LogP contribution in [-0.2, 0) is 19.9 Å². The minimum absolute atomic E-state index is 0.0447. The Morgan fingerprint density at radius 3 is 2.56 bits per heavy atom. The van der Waals surface area contributed by atoms with Crippen LogP contribution in [0.25, 0.3) is 0 Å². The second-order valence-electron chi connectivity index (χ2n) is 4.02. The van der Waals surface area contributed by atoms with E-state index in [1.54, 1.807) is 6.07 Å². The summed E-state index contributed by atoms with van der Waals surface area (Å²) in [5.41, 5.74) is -1.39. The molecule has 18 heavy (non-hydrogen) atoms. The van der Waals surface area contributed by atoms with Gasteiger partial charge >= 0.3 is 5.97 Å². The van der Waals surface area contributed by atoms with E-state index in [4.69, 9.17) is 5.11 Å². The largest absolute Gasteiger partial charge is 0.481 e. The maximum absolute atomic E-state index is 12.0. The number of carboxylic acids is 1. The van der Waals surface area contributed by atoms with E-state index in [0.717, 1.165) is 0 Å². The number of nitrogens with zero attached hydrogens (tertiary/aromatic N) is 2. The summed E-state index contributed by atoms with van der Waals surface area (Å²) in [7, 11) is 0. The van der Waals surface area contributed by atoms with Crippen molar-refractivity contribution in [1.29, 1.82) is 0 Å². The molecule has 2 N–H and O–H groups in total. The van der Waals surface area contributed by atoms with E-state index in [1.165, 1.54) is 12.4 Å². The van der Waals surface area contributed by atoms with E-state index in [2.05, 4.69) is 15.3 Å². The molecule has 0 saturated carbocycles. The normalized spacial score (nSPS) is 22.9. The Labute approximate surface area is 102 Å². The number of ketones is 1. The highest BCUT2D eigenvalue weighted by Gasteiger charge is 2.49. The van der Waals surface area contributed by atoms with E-state index in [1.807, 2.05) is 0 Å². The smallest absolute Gasteiger partial charge is 0.303 e. The molecule has 1 amide bonds. The minimum Gasteiger partial charge on any atom is -0.481 e. The van der Waals surface area contributed by atoms with Crippen molar-refractivity contribution in [3.8, 4) is 0 Å². The number of carboxylic acid groups (broad SMARTS) is 1. The van der Waals surface area contributed by atoms with Gasteiger partial charge < -0.3 is 10.4 Å². The summed E-state index contributed by atoms with van der Waals surface area (Å²) in [5, 5.41) is 11.2. The summed E-state index contributed by atoms with van der Waals surface area (Å²) in [6.07, 6.45) is 2.34. The number of rotatable bonds is 4. The van der Waals surface area contributed by atoms with Crippen molar-refractivity contribution in [2.75, 3.05) is 0 Å². The first-order valence-corrected chi connectivity index (χ1v) is 5.38. The van der Waals surface area contributed by atoms with Crippen LogP contribution >= 0.6 is 0 Å². The van der Waals surface area contributed by atoms with Gasteiger partial charge in [-0.1, -0.05) is 0 Å². The molecule has 1 saturated heterocycles. The van der Waals surface area contributed by atoms with Gasteiger partial charge in [-0.2, -0.15) is 0 Å². The van der Waals surface area contributed by atoms with Gasteiger partial charge in [0.1, 0.15) is 0 Å². The van der Waals surface area contributed by atoms with Crippen LogP contribution in [-0.4, -0.2) is 32.7 Å². The molecule has 0 aliphatic carbocycles. The number of carbonyl (C=O) groups excluding carboxylic acids is 2. The van der Waals surface area contributed by atoms with Crippen molar-refractivity contribution in [3.63, 3.8) is 0 Å². The molecule has 1 aliphatic heterocycles. The van der Waals surface area contributed by atoms with Gasteiger partial charge in [-0.15, -0.1) is 0 Å². The molecule has 1 aromatic heterocycles. The highest BCUT2D eigenvalue weighted by atomic mass is 16.4. The number of aromatic nitrogens is 2. The van der Waals surface area contributed by atoms with Crippen LogP contribution < -0.4 is 5.32 Å². The lowest BCUT2D eigenvalue weighted by Crippen LogP contribution is -2.45. The van der Waals surface area contributed by atoms with Crippen LogP contribution in [0.15, 0.2) is 18.5 Å². The van der Waals surface area contributed by atoms with Crippen LogP contribution in [0.1, 0.15) is 25.1 Å². The van der Waals surface area contributed by atoms with Crippen molar-refractivity contribution in [2.24, 2.45) is 0 Å². The monoisotopic (exact) mass is 249 g/mol. The quantitative estimate of drug-likeness (QED) is 0.704. The first kappa shape index (κ1) is 12.2. The molecule has 1 unspecified atom stereocenters. The van der Waals surface area contributed by atoms with Crippen molar-refractivity contribution < 1.29 is 19.5 Å². The second-order valence-corrected chi connectivity index (χ2v) is 4.02. The third-order valence-electron chi connectivity index (χ3n) is 2.81. The standard InChI is InChI=1S/C11H11N3O4/c15-7-6-8(16)14-11(7,3-2-9(17)18)10-12-4-1-5-13-10/h1,4-5H,2-3,6H2,(H,14,16)(H,17,18). The first-order chi connectivity index (χ1) is 8.54. The molecule has 7 nitrogen and oxygen atoms in total. The molecular weight excluding hydrogens is 238 g/mol. The maximum Gasteiger partial charge on any atom is 0.303 e. The van der Waals surface area contributed by atoms with Gasteiger partial charge in [0.15, 0.2) is 17.1 Å². The lowest BCUT2D eigenvalue weighted by atomic mass is 9.89. The fourth-order valence-electron chi connectivity index (χ4n) is 1.96. The number of hydrogen-bond acceptors (Lipinski definition) is 5. The van der Waals surface area contributed by atoms with Gasteiger partial charge in [0.2, 0.25) is 5.91 Å². The predicted molar refractivity (Wildman–Crippen MR) is 58.3 cm³/mol. The zero-order valence-electron chi connectivity index (χ0n) is 9.42. The predicted octanol–water partition coefficient (Wildman–Crippen LogP) is -0.374. The van der Waals surface area contributed by atoms with E-state index in [0.29, 0.717) is 0 Å². The number of amides is 1. The van der Waals surface area contributed by atoms with Gasteiger partial charge in [-0.05, 0) is 12.5 Å². The molecule has 0 spiro atoms. The van der Waals surface area contributed by atoms with Crippen molar-refractivity contribution in [1.82, 2.24) is 15.3 Å². The van der Waals surface area contributed by atoms with Gasteiger partial charge in [-0.25, -0.2) is 9.97 Å². The third kappa shape index (κ3) is 2.06. The van der Waals surface area contributed by atoms with Crippen LogP contribution in [0.2, 0.25) is 0 Å². The Morgan fingerprint density at radius 1 is 1.39 bits per heavy atom. The second kappa shape index (κ2) is 4.52. The minimum atomic E-state index is -1.39. The number of aliphatic carboxylic acids is 1. The van der Waals surface area contributed by atoms with Gasteiger partial charge in [0.05, 0.1) is 6.42 Å². The Morgan fingerprint density at radius 2 is 2.06 bits per heavy atom. The zero-order valence-corrected chi connectivity index (χ0v) is 9.42. The average molecular weight is 249 g/mol. The zero-order chi connectivity index (χ0) is 13.2. The van der Waals surface area contributed by atoms with Gasteiger partial charge in [0, 0.05) is 18.8 Å². The third-order valence-corrected chi connectivity index (χ3v) is 2.81. The van der Waals surface area contributed by atoms with Crippen LogP contribution in [0, 0.1) is 0 Å². The summed E-state index contributed by atoms with van der Waals surface area (Å²) < 4.78 is 0. The Balaban J connectivity index is 2.37. The van der Waals surface area contributed by atoms with Crippen molar-refractivity contribution in [3.05, 3.63) is 24.3 Å². The molecule has 2 heterocycles. The SMILES string of the molecule is O=C(O)CCC1(c2ncccn2)NC(=O)CC1=O. The summed E-state index contributed by atoms with van der Waals surface area (Å²) in [4.78, 5) is 41.9. The van der Waals surface area contributed by atoms with E-state index < -0.39 is 17.4 Å². The highest BCUT2D eigenvalue weighted by Crippen LogP contribution is 2.30. The first-order valence-electron chi connectivity index (χ1n) is 5.38. The van der Waals surface area contributed by atoms with Gasteiger partial charge in [0.25, 0.3) is 0 Å². The molecule has 7 heteroatoms. The molecular formula is C11H11N3O4. The molecule has 0 aromatic carbocycles. The summed E-state index contributed by atoms with van der Waals surface area (Å²) in [6.45, 7) is 0. The number of carbonyl (C=O) groups is 3. The molecule has 1 aliphatic rings. The Hall–Kier alpha value is -2.31. The Bertz CT molecular complexity index is 502. The lowest BCUT2D eigenvalue weighted by molar-refractivity contribution is -0.138. The molecule has 0 bridgehead atoms. The van der Waals surface area contributed by atoms with E-state index in [-0.39, 0.29) is 30.9 Å². The maximum atomic E-state index is 12.0. The summed E-state index contributed by atoms with van der Waals surface area (Å²) in [5.74, 6) is -1.72. The molecule has 94 valence electrons.